The van der Waals surface area contributed by atoms with E-state index in [1.807, 2.05) is 24.8 Å². The summed E-state index contributed by atoms with van der Waals surface area (Å²) in [6, 6.07) is 4.29. The number of nitriles is 1. The zero-order valence-electron chi connectivity index (χ0n) is 20.6. The molecule has 2 fully saturated rings. The smallest absolute Gasteiger partial charge is 0.264 e. The van der Waals surface area contributed by atoms with Crippen LogP contribution < -0.4 is 0 Å². The van der Waals surface area contributed by atoms with Crippen LogP contribution in [0.15, 0.2) is 11.6 Å². The van der Waals surface area contributed by atoms with Gasteiger partial charge in [-0.3, -0.25) is 9.59 Å². The Kier molecular flexibility index (Phi) is 8.74. The van der Waals surface area contributed by atoms with Gasteiger partial charge in [0.25, 0.3) is 5.91 Å². The Labute approximate surface area is 198 Å². The maximum Gasteiger partial charge on any atom is 0.264 e. The third-order valence-electron chi connectivity index (χ3n) is 7.07. The molecule has 3 rings (SSSR count). The topological polar surface area (TPSA) is 78.6 Å². The summed E-state index contributed by atoms with van der Waals surface area (Å²) in [5.74, 6) is -0.00607. The molecule has 2 saturated heterocycles. The van der Waals surface area contributed by atoms with E-state index in [0.29, 0.717) is 32.5 Å². The number of aromatic nitrogens is 1. The van der Waals surface area contributed by atoms with Crippen LogP contribution in [0.4, 0.5) is 0 Å². The molecule has 33 heavy (non-hydrogen) atoms. The third kappa shape index (κ3) is 5.86. The molecule has 0 aromatic carbocycles. The number of likely N-dealkylation sites (tertiary alicyclic amines) is 2. The van der Waals surface area contributed by atoms with Gasteiger partial charge in [-0.25, -0.2) is 0 Å². The van der Waals surface area contributed by atoms with Gasteiger partial charge in [-0.1, -0.05) is 12.8 Å². The van der Waals surface area contributed by atoms with E-state index in [-0.39, 0.29) is 29.3 Å². The first-order chi connectivity index (χ1) is 15.9. The van der Waals surface area contributed by atoms with Crippen LogP contribution in [0.2, 0.25) is 0 Å². The number of carbonyl (C=O) groups is 2. The molecule has 2 amide bonds. The fraction of sp³-hybridized carbons (Fsp3) is 0.654. The van der Waals surface area contributed by atoms with Gasteiger partial charge >= 0.3 is 0 Å². The highest BCUT2D eigenvalue weighted by Gasteiger charge is 2.31. The molecule has 2 aliphatic heterocycles. The first-order valence-corrected chi connectivity index (χ1v) is 12.2. The minimum absolute atomic E-state index is 0.0112. The number of ether oxygens (including phenoxy) is 1. The number of aryl methyl sites for hydroxylation is 1. The van der Waals surface area contributed by atoms with Crippen molar-refractivity contribution >= 4 is 17.9 Å². The Morgan fingerprint density at radius 1 is 1.12 bits per heavy atom. The Morgan fingerprint density at radius 3 is 2.33 bits per heavy atom. The molecule has 1 atom stereocenters. The fourth-order valence-electron chi connectivity index (χ4n) is 5.29. The average molecular weight is 455 g/mol. The predicted molar refractivity (Wildman–Crippen MR) is 128 cm³/mol. The van der Waals surface area contributed by atoms with Crippen molar-refractivity contribution in [3.63, 3.8) is 0 Å². The third-order valence-corrected chi connectivity index (χ3v) is 7.07. The molecule has 2 aliphatic rings. The number of hydrogen-bond donors (Lipinski definition) is 0. The summed E-state index contributed by atoms with van der Waals surface area (Å²) in [4.78, 5) is 29.8. The van der Waals surface area contributed by atoms with Gasteiger partial charge in [0.2, 0.25) is 5.91 Å². The van der Waals surface area contributed by atoms with E-state index in [9.17, 15) is 14.9 Å². The van der Waals surface area contributed by atoms with Crippen LogP contribution in [0.1, 0.15) is 68.4 Å². The van der Waals surface area contributed by atoms with E-state index in [1.165, 1.54) is 12.8 Å². The lowest BCUT2D eigenvalue weighted by atomic mass is 9.94. The van der Waals surface area contributed by atoms with Gasteiger partial charge in [-0.05, 0) is 64.2 Å². The van der Waals surface area contributed by atoms with Gasteiger partial charge in [-0.15, -0.1) is 0 Å². The Morgan fingerprint density at radius 2 is 1.76 bits per heavy atom. The van der Waals surface area contributed by atoms with Crippen LogP contribution in [0, 0.1) is 31.1 Å². The zero-order chi connectivity index (χ0) is 24.0. The largest absolute Gasteiger partial charge is 0.383 e. The average Bonchev–Trinajstić information content (AvgIpc) is 2.98. The first kappa shape index (κ1) is 25.0. The van der Waals surface area contributed by atoms with Gasteiger partial charge < -0.3 is 19.1 Å². The second-order valence-corrected chi connectivity index (χ2v) is 9.48. The minimum atomic E-state index is -0.243. The van der Waals surface area contributed by atoms with Gasteiger partial charge in [0.05, 0.1) is 12.6 Å². The number of hydrogen-bond acceptors (Lipinski definition) is 4. The van der Waals surface area contributed by atoms with E-state index in [4.69, 9.17) is 4.74 Å². The van der Waals surface area contributed by atoms with Crippen molar-refractivity contribution in [3.8, 4) is 6.07 Å². The lowest BCUT2D eigenvalue weighted by Gasteiger charge is -2.34. The van der Waals surface area contributed by atoms with Gasteiger partial charge in [0, 0.05) is 50.6 Å². The highest BCUT2D eigenvalue weighted by molar-refractivity contribution is 6.02. The molecule has 1 aromatic rings. The number of rotatable bonds is 6. The van der Waals surface area contributed by atoms with Crippen molar-refractivity contribution in [2.75, 3.05) is 39.9 Å². The van der Waals surface area contributed by atoms with Crippen molar-refractivity contribution in [1.82, 2.24) is 14.4 Å². The normalized spacial score (nSPS) is 19.2. The number of nitrogens with zero attached hydrogens (tertiary/aromatic N) is 4. The van der Waals surface area contributed by atoms with E-state index >= 15 is 0 Å². The molecular formula is C26H38N4O3. The number of piperidine rings is 1. The monoisotopic (exact) mass is 454 g/mol. The van der Waals surface area contributed by atoms with Crippen LogP contribution in [0.3, 0.4) is 0 Å². The minimum Gasteiger partial charge on any atom is -0.383 e. The first-order valence-electron chi connectivity index (χ1n) is 12.2. The number of carbonyl (C=O) groups excluding carboxylic acids is 2. The van der Waals surface area contributed by atoms with Gasteiger partial charge in [0.1, 0.15) is 11.6 Å². The molecule has 3 heterocycles. The quantitative estimate of drug-likeness (QED) is 0.483. The number of amides is 2. The van der Waals surface area contributed by atoms with Crippen LogP contribution >= 0.6 is 0 Å². The van der Waals surface area contributed by atoms with Crippen LogP contribution in [0.5, 0.6) is 0 Å². The molecule has 1 aromatic heterocycles. The van der Waals surface area contributed by atoms with Crippen LogP contribution in [-0.2, 0) is 14.3 Å². The van der Waals surface area contributed by atoms with E-state index in [1.54, 1.807) is 18.1 Å². The molecule has 0 spiro atoms. The highest BCUT2D eigenvalue weighted by Crippen LogP contribution is 2.25. The van der Waals surface area contributed by atoms with Crippen molar-refractivity contribution < 1.29 is 14.3 Å². The summed E-state index contributed by atoms with van der Waals surface area (Å²) in [5, 5.41) is 9.73. The van der Waals surface area contributed by atoms with Gasteiger partial charge in [0.15, 0.2) is 0 Å². The van der Waals surface area contributed by atoms with Crippen molar-refractivity contribution in [2.45, 2.75) is 65.3 Å². The van der Waals surface area contributed by atoms with Crippen LogP contribution in [0.25, 0.3) is 6.08 Å². The standard InChI is InChI=1S/C26H38N4O3/c1-19-15-23(21(3)30(19)20(2)18-33-4)16-24(17-27)26(32)29-13-9-22(10-14-29)25(31)28-11-7-5-6-8-12-28/h15-16,20,22H,5-14,18H2,1-4H3/b24-16-. The molecule has 0 saturated carbocycles. The molecule has 0 N–H and O–H groups in total. The highest BCUT2D eigenvalue weighted by atomic mass is 16.5. The Hall–Kier alpha value is -2.59. The summed E-state index contributed by atoms with van der Waals surface area (Å²) in [5.41, 5.74) is 3.11. The SMILES string of the molecule is COCC(C)n1c(C)cc(/C=C(/C#N)C(=O)N2CCC(C(=O)N3CCCCCC3)CC2)c1C. The summed E-state index contributed by atoms with van der Waals surface area (Å²) < 4.78 is 7.47. The summed E-state index contributed by atoms with van der Waals surface area (Å²) >= 11 is 0. The number of methoxy groups -OCH3 is 1. The summed E-state index contributed by atoms with van der Waals surface area (Å²) in [6.45, 7) is 9.47. The molecule has 0 radical (unpaired) electrons. The predicted octanol–water partition coefficient (Wildman–Crippen LogP) is 3.86. The van der Waals surface area contributed by atoms with Crippen molar-refractivity contribution in [3.05, 3.63) is 28.6 Å². The van der Waals surface area contributed by atoms with E-state index in [0.717, 1.165) is 42.9 Å². The van der Waals surface area contributed by atoms with E-state index < -0.39 is 0 Å². The van der Waals surface area contributed by atoms with Crippen molar-refractivity contribution in [1.29, 1.82) is 5.26 Å². The fourth-order valence-corrected chi connectivity index (χ4v) is 5.29. The van der Waals surface area contributed by atoms with Gasteiger partial charge in [-0.2, -0.15) is 5.26 Å². The summed E-state index contributed by atoms with van der Waals surface area (Å²) in [6.07, 6.45) is 7.62. The summed E-state index contributed by atoms with van der Waals surface area (Å²) in [7, 11) is 1.68. The molecule has 0 bridgehead atoms. The lowest BCUT2D eigenvalue weighted by Crippen LogP contribution is -2.45. The molecule has 1 unspecified atom stereocenters. The molecule has 180 valence electrons. The van der Waals surface area contributed by atoms with E-state index in [2.05, 4.69) is 17.6 Å². The maximum atomic E-state index is 13.1. The molecular weight excluding hydrogens is 416 g/mol. The Bertz CT molecular complexity index is 911. The molecule has 7 nitrogen and oxygen atoms in total. The maximum absolute atomic E-state index is 13.1. The zero-order valence-corrected chi connectivity index (χ0v) is 20.6. The van der Waals surface area contributed by atoms with Crippen molar-refractivity contribution in [2.24, 2.45) is 5.92 Å². The Balaban J connectivity index is 1.66. The lowest BCUT2D eigenvalue weighted by molar-refractivity contribution is -0.139. The molecule has 0 aliphatic carbocycles. The second-order valence-electron chi connectivity index (χ2n) is 9.48. The molecule has 7 heteroatoms. The second kappa shape index (κ2) is 11.5. The van der Waals surface area contributed by atoms with Crippen LogP contribution in [-0.4, -0.2) is 66.1 Å².